The third-order valence-electron chi connectivity index (χ3n) is 3.19. The van der Waals surface area contributed by atoms with Gasteiger partial charge in [0.15, 0.2) is 6.29 Å². The van der Waals surface area contributed by atoms with Gasteiger partial charge < -0.3 is 24.3 Å². The Morgan fingerprint density at radius 1 is 1.53 bits per heavy atom. The number of nitrogens with zero attached hydrogens (tertiary/aromatic N) is 3. The van der Waals surface area contributed by atoms with E-state index in [0.29, 0.717) is 19.0 Å². The molecule has 2 atom stereocenters. The second kappa shape index (κ2) is 5.14. The number of hydrogen-bond donors (Lipinski definition) is 0. The van der Waals surface area contributed by atoms with Crippen molar-refractivity contribution >= 4 is 5.82 Å². The zero-order valence-electron chi connectivity index (χ0n) is 10.4. The van der Waals surface area contributed by atoms with E-state index in [1.54, 1.807) is 0 Å². The summed E-state index contributed by atoms with van der Waals surface area (Å²) in [7, 11) is 0. The Hall–Kier alpha value is -1.67. The summed E-state index contributed by atoms with van der Waals surface area (Å²) in [5.74, 6) is 0.209. The molecule has 1 saturated heterocycles. The smallest absolute Gasteiger partial charge is 0.393 e. The van der Waals surface area contributed by atoms with Gasteiger partial charge >= 0.3 is 5.82 Å². The van der Waals surface area contributed by atoms with E-state index >= 15 is 0 Å². The maximum atomic E-state index is 10.6. The van der Waals surface area contributed by atoms with Crippen LogP contribution in [0.2, 0.25) is 0 Å². The summed E-state index contributed by atoms with van der Waals surface area (Å²) >= 11 is 0. The van der Waals surface area contributed by atoms with Crippen molar-refractivity contribution in [2.45, 2.75) is 38.2 Å². The lowest BCUT2D eigenvalue weighted by Crippen LogP contribution is -2.37. The molecule has 3 heterocycles. The summed E-state index contributed by atoms with van der Waals surface area (Å²) in [5, 5.41) is 14.5. The van der Waals surface area contributed by atoms with Gasteiger partial charge in [-0.2, -0.15) is 0 Å². The molecule has 8 nitrogen and oxygen atoms in total. The van der Waals surface area contributed by atoms with Gasteiger partial charge in [0.1, 0.15) is 18.8 Å². The van der Waals surface area contributed by atoms with Crippen molar-refractivity contribution in [2.75, 3.05) is 13.2 Å². The van der Waals surface area contributed by atoms with E-state index < -0.39 is 4.92 Å². The minimum atomic E-state index is -0.533. The summed E-state index contributed by atoms with van der Waals surface area (Å²) < 4.78 is 18.2. The molecule has 1 aromatic heterocycles. The molecule has 2 aliphatic rings. The fraction of sp³-hybridized carbons (Fsp3) is 0.727. The van der Waals surface area contributed by atoms with Crippen LogP contribution in [-0.4, -0.2) is 40.3 Å². The van der Waals surface area contributed by atoms with Crippen molar-refractivity contribution in [1.29, 1.82) is 0 Å². The highest BCUT2D eigenvalue weighted by Crippen LogP contribution is 2.25. The van der Waals surface area contributed by atoms with E-state index in [1.165, 1.54) is 10.7 Å². The summed E-state index contributed by atoms with van der Waals surface area (Å²) in [4.78, 5) is 10.1. The third-order valence-corrected chi connectivity index (χ3v) is 3.19. The topological polar surface area (TPSA) is 88.7 Å². The molecule has 0 saturated carbocycles. The number of fused-ring (bicyclic) bond motifs is 1. The van der Waals surface area contributed by atoms with Crippen LogP contribution in [0, 0.1) is 10.1 Å². The monoisotopic (exact) mass is 269 g/mol. The highest BCUT2D eigenvalue weighted by atomic mass is 16.7. The van der Waals surface area contributed by atoms with Crippen LogP contribution in [0.15, 0.2) is 6.07 Å². The number of aromatic nitrogens is 2. The molecule has 2 unspecified atom stereocenters. The molecule has 0 spiro atoms. The first-order chi connectivity index (χ1) is 9.22. The summed E-state index contributed by atoms with van der Waals surface area (Å²) in [5.41, 5.74) is 0. The van der Waals surface area contributed by atoms with Gasteiger partial charge in [-0.3, -0.25) is 0 Å². The molecular weight excluding hydrogens is 254 g/mol. The van der Waals surface area contributed by atoms with Crippen LogP contribution >= 0.6 is 0 Å². The molecule has 0 aliphatic carbocycles. The lowest BCUT2D eigenvalue weighted by Gasteiger charge is -2.29. The van der Waals surface area contributed by atoms with E-state index in [0.717, 1.165) is 25.9 Å². The highest BCUT2D eigenvalue weighted by molar-refractivity contribution is 5.27. The van der Waals surface area contributed by atoms with Gasteiger partial charge in [-0.05, 0) is 24.2 Å². The number of rotatable bonds is 3. The average Bonchev–Trinajstić information content (AvgIpc) is 2.83. The maximum absolute atomic E-state index is 10.6. The normalized spacial score (nSPS) is 26.5. The average molecular weight is 269 g/mol. The van der Waals surface area contributed by atoms with Crippen LogP contribution in [0.4, 0.5) is 5.82 Å². The zero-order valence-corrected chi connectivity index (χ0v) is 10.4. The first-order valence-electron chi connectivity index (χ1n) is 6.34. The summed E-state index contributed by atoms with van der Waals surface area (Å²) in [6.07, 6.45) is 2.65. The number of nitro groups is 1. The first kappa shape index (κ1) is 12.4. The van der Waals surface area contributed by atoms with Crippen molar-refractivity contribution in [3.05, 3.63) is 16.2 Å². The van der Waals surface area contributed by atoms with Crippen LogP contribution < -0.4 is 4.74 Å². The van der Waals surface area contributed by atoms with Crippen molar-refractivity contribution in [1.82, 2.24) is 9.78 Å². The largest absolute Gasteiger partial charge is 0.474 e. The summed E-state index contributed by atoms with van der Waals surface area (Å²) in [6.45, 7) is 1.53. The van der Waals surface area contributed by atoms with Crippen molar-refractivity contribution in [3.63, 3.8) is 0 Å². The Kier molecular flexibility index (Phi) is 3.34. The maximum Gasteiger partial charge on any atom is 0.393 e. The highest BCUT2D eigenvalue weighted by Gasteiger charge is 2.30. The molecule has 104 valence electrons. The molecular formula is C11H15N3O5. The minimum Gasteiger partial charge on any atom is -0.474 e. The van der Waals surface area contributed by atoms with E-state index in [1.807, 2.05) is 0 Å². The molecule has 1 aromatic rings. The molecule has 0 bridgehead atoms. The van der Waals surface area contributed by atoms with Crippen LogP contribution in [0.5, 0.6) is 5.88 Å². The molecule has 2 aliphatic heterocycles. The zero-order chi connectivity index (χ0) is 13.2. The van der Waals surface area contributed by atoms with E-state index in [4.69, 9.17) is 14.2 Å². The standard InChI is InChI=1S/C11H15N3O5/c15-14(16)9-5-10-13(12-9)6-8(7-18-10)19-11-3-1-2-4-17-11/h5,8,11H,1-4,6-7H2. The Bertz CT molecular complexity index is 469. The van der Waals surface area contributed by atoms with Crippen LogP contribution in [0.3, 0.4) is 0 Å². The Balaban J connectivity index is 1.63. The molecule has 0 aromatic carbocycles. The van der Waals surface area contributed by atoms with Crippen LogP contribution in [-0.2, 0) is 16.0 Å². The van der Waals surface area contributed by atoms with Gasteiger partial charge in [0, 0.05) is 6.61 Å². The molecule has 8 heteroatoms. The molecule has 19 heavy (non-hydrogen) atoms. The van der Waals surface area contributed by atoms with E-state index in [9.17, 15) is 10.1 Å². The Morgan fingerprint density at radius 3 is 3.16 bits per heavy atom. The lowest BCUT2D eigenvalue weighted by molar-refractivity contribution is -0.389. The predicted molar refractivity (Wildman–Crippen MR) is 62.8 cm³/mol. The SMILES string of the molecule is O=[N+]([O-])c1cc2n(n1)CC(OC1CCCCO1)CO2. The molecule has 0 radical (unpaired) electrons. The van der Waals surface area contributed by atoms with Crippen LogP contribution in [0.1, 0.15) is 19.3 Å². The molecule has 1 fully saturated rings. The van der Waals surface area contributed by atoms with E-state index in [2.05, 4.69) is 5.10 Å². The van der Waals surface area contributed by atoms with Crippen molar-refractivity contribution in [3.8, 4) is 5.88 Å². The molecule has 0 amide bonds. The minimum absolute atomic E-state index is 0.185. The Labute approximate surface area is 109 Å². The lowest BCUT2D eigenvalue weighted by atomic mass is 10.2. The number of hydrogen-bond acceptors (Lipinski definition) is 6. The second-order valence-electron chi connectivity index (χ2n) is 4.65. The van der Waals surface area contributed by atoms with Gasteiger partial charge in [-0.1, -0.05) is 0 Å². The fourth-order valence-corrected chi connectivity index (χ4v) is 2.26. The van der Waals surface area contributed by atoms with Gasteiger partial charge in [0.25, 0.3) is 0 Å². The van der Waals surface area contributed by atoms with Gasteiger partial charge in [0.05, 0.1) is 11.6 Å². The number of ether oxygens (including phenoxy) is 3. The molecule has 0 N–H and O–H groups in total. The van der Waals surface area contributed by atoms with Gasteiger partial charge in [-0.25, -0.2) is 0 Å². The quantitative estimate of drug-likeness (QED) is 0.603. The Morgan fingerprint density at radius 2 is 2.42 bits per heavy atom. The van der Waals surface area contributed by atoms with Crippen molar-refractivity contribution < 1.29 is 19.1 Å². The second-order valence-corrected chi connectivity index (χ2v) is 4.65. The van der Waals surface area contributed by atoms with Crippen molar-refractivity contribution in [2.24, 2.45) is 0 Å². The first-order valence-corrected chi connectivity index (χ1v) is 6.34. The van der Waals surface area contributed by atoms with E-state index in [-0.39, 0.29) is 18.2 Å². The third kappa shape index (κ3) is 2.69. The van der Waals surface area contributed by atoms with Crippen LogP contribution in [0.25, 0.3) is 0 Å². The van der Waals surface area contributed by atoms with Gasteiger partial charge in [0.2, 0.25) is 5.88 Å². The summed E-state index contributed by atoms with van der Waals surface area (Å²) in [6, 6.07) is 1.33. The molecule has 3 rings (SSSR count). The van der Waals surface area contributed by atoms with Gasteiger partial charge in [-0.15, -0.1) is 4.68 Å². The fourth-order valence-electron chi connectivity index (χ4n) is 2.26. The predicted octanol–water partition coefficient (Wildman–Crippen LogP) is 1.10.